The van der Waals surface area contributed by atoms with Crippen molar-refractivity contribution in [2.45, 2.75) is 31.7 Å². The third-order valence-corrected chi connectivity index (χ3v) is 3.44. The largest absolute Gasteiger partial charge is 0.497 e. The van der Waals surface area contributed by atoms with E-state index in [1.807, 2.05) is 12.1 Å². The maximum atomic E-state index is 11.8. The Hall–Kier alpha value is -2.24. The first kappa shape index (κ1) is 16.1. The second kappa shape index (κ2) is 7.68. The van der Waals surface area contributed by atoms with Crippen molar-refractivity contribution in [3.63, 3.8) is 0 Å². The van der Waals surface area contributed by atoms with Gasteiger partial charge in [0.15, 0.2) is 0 Å². The molecule has 6 nitrogen and oxygen atoms in total. The van der Waals surface area contributed by atoms with Gasteiger partial charge in [-0.2, -0.15) is 0 Å². The van der Waals surface area contributed by atoms with Gasteiger partial charge >= 0.3 is 0 Å². The molecule has 0 spiro atoms. The van der Waals surface area contributed by atoms with Gasteiger partial charge in [0.2, 0.25) is 11.8 Å². The molecule has 1 fully saturated rings. The van der Waals surface area contributed by atoms with Crippen LogP contribution in [0.5, 0.6) is 11.5 Å². The minimum atomic E-state index is -0.146. The summed E-state index contributed by atoms with van der Waals surface area (Å²) in [6, 6.07) is 5.84. The van der Waals surface area contributed by atoms with E-state index in [2.05, 4.69) is 10.6 Å². The first-order valence-corrected chi connectivity index (χ1v) is 7.38. The Morgan fingerprint density at radius 1 is 1.09 bits per heavy atom. The third-order valence-electron chi connectivity index (χ3n) is 3.44. The van der Waals surface area contributed by atoms with Crippen LogP contribution in [0, 0.1) is 0 Å². The van der Waals surface area contributed by atoms with Crippen LogP contribution in [0.2, 0.25) is 0 Å². The fraction of sp³-hybridized carbons (Fsp3) is 0.500. The number of hydrogen-bond donors (Lipinski definition) is 2. The summed E-state index contributed by atoms with van der Waals surface area (Å²) in [6.45, 7) is 0.0385. The predicted molar refractivity (Wildman–Crippen MR) is 82.0 cm³/mol. The van der Waals surface area contributed by atoms with Crippen LogP contribution >= 0.6 is 0 Å². The number of carbonyl (C=O) groups excluding carboxylic acids is 2. The smallest absolute Gasteiger partial charge is 0.239 e. The fourth-order valence-electron chi connectivity index (χ4n) is 2.04. The van der Waals surface area contributed by atoms with E-state index < -0.39 is 0 Å². The maximum Gasteiger partial charge on any atom is 0.239 e. The summed E-state index contributed by atoms with van der Waals surface area (Å²) in [4.78, 5) is 23.3. The van der Waals surface area contributed by atoms with E-state index in [0.717, 1.165) is 18.4 Å². The molecule has 1 aromatic rings. The van der Waals surface area contributed by atoms with E-state index >= 15 is 0 Å². The molecule has 0 unspecified atom stereocenters. The van der Waals surface area contributed by atoms with Crippen molar-refractivity contribution in [2.75, 3.05) is 20.8 Å². The van der Waals surface area contributed by atoms with Gasteiger partial charge in [-0.05, 0) is 37.0 Å². The Balaban J connectivity index is 1.76. The lowest BCUT2D eigenvalue weighted by molar-refractivity contribution is -0.126. The molecule has 1 aromatic carbocycles. The van der Waals surface area contributed by atoms with Crippen LogP contribution in [0.3, 0.4) is 0 Å². The lowest BCUT2D eigenvalue weighted by Gasteiger charge is -2.09. The number of hydrogen-bond acceptors (Lipinski definition) is 4. The van der Waals surface area contributed by atoms with E-state index in [1.165, 1.54) is 0 Å². The van der Waals surface area contributed by atoms with Gasteiger partial charge in [0, 0.05) is 18.5 Å². The second-order valence-corrected chi connectivity index (χ2v) is 5.34. The number of nitrogens with one attached hydrogen (secondary N) is 2. The van der Waals surface area contributed by atoms with Gasteiger partial charge in [0.25, 0.3) is 0 Å². The van der Waals surface area contributed by atoms with Crippen molar-refractivity contribution in [1.82, 2.24) is 10.6 Å². The molecule has 6 heteroatoms. The first-order chi connectivity index (χ1) is 10.6. The molecule has 2 rings (SSSR count). The minimum absolute atomic E-state index is 0.0385. The van der Waals surface area contributed by atoms with Gasteiger partial charge in [-0.1, -0.05) is 0 Å². The topological polar surface area (TPSA) is 76.7 Å². The van der Waals surface area contributed by atoms with Crippen molar-refractivity contribution >= 4 is 11.8 Å². The summed E-state index contributed by atoms with van der Waals surface area (Å²) in [5.41, 5.74) is 0.953. The Morgan fingerprint density at radius 3 is 2.27 bits per heavy atom. The molecule has 2 N–H and O–H groups in total. The molecule has 120 valence electrons. The summed E-state index contributed by atoms with van der Waals surface area (Å²) >= 11 is 0. The lowest BCUT2D eigenvalue weighted by Crippen LogP contribution is -2.37. The molecule has 2 amide bonds. The molecule has 0 saturated heterocycles. The van der Waals surface area contributed by atoms with Crippen LogP contribution in [-0.4, -0.2) is 38.6 Å². The maximum absolute atomic E-state index is 11.8. The van der Waals surface area contributed by atoms with Gasteiger partial charge in [-0.15, -0.1) is 0 Å². The Bertz CT molecular complexity index is 519. The highest BCUT2D eigenvalue weighted by Gasteiger charge is 2.23. The number of carbonyl (C=O) groups is 2. The molecule has 0 aromatic heterocycles. The molecule has 1 aliphatic rings. The normalized spacial score (nSPS) is 13.4. The molecule has 1 saturated carbocycles. The molecule has 0 heterocycles. The summed E-state index contributed by atoms with van der Waals surface area (Å²) in [5, 5.41) is 5.46. The van der Waals surface area contributed by atoms with Gasteiger partial charge in [-0.25, -0.2) is 0 Å². The molecule has 0 radical (unpaired) electrons. The Kier molecular flexibility index (Phi) is 5.63. The molecule has 0 atom stereocenters. The second-order valence-electron chi connectivity index (χ2n) is 5.34. The molecule has 22 heavy (non-hydrogen) atoms. The highest BCUT2D eigenvalue weighted by atomic mass is 16.5. The molecular weight excluding hydrogens is 284 g/mol. The number of ether oxygens (including phenoxy) is 2. The Labute approximate surface area is 130 Å². The number of rotatable bonds is 8. The van der Waals surface area contributed by atoms with Crippen molar-refractivity contribution in [2.24, 2.45) is 0 Å². The average molecular weight is 306 g/mol. The summed E-state index contributed by atoms with van der Waals surface area (Å²) in [6.07, 6.45) is 2.95. The lowest BCUT2D eigenvalue weighted by atomic mass is 10.1. The standard InChI is InChI=1S/C16H22N2O4/c1-21-13-7-11(8-14(9-13)22-2)3-6-15(19)17-10-16(20)18-12-4-5-12/h7-9,12H,3-6,10H2,1-2H3,(H,17,19)(H,18,20). The zero-order valence-corrected chi connectivity index (χ0v) is 13.0. The number of benzene rings is 1. The van der Waals surface area contributed by atoms with E-state index in [9.17, 15) is 9.59 Å². The first-order valence-electron chi connectivity index (χ1n) is 7.38. The number of amides is 2. The van der Waals surface area contributed by atoms with E-state index in [-0.39, 0.29) is 18.4 Å². The number of methoxy groups -OCH3 is 2. The van der Waals surface area contributed by atoms with E-state index in [0.29, 0.717) is 30.4 Å². The summed E-state index contributed by atoms with van der Waals surface area (Å²) < 4.78 is 10.4. The van der Waals surface area contributed by atoms with Crippen molar-refractivity contribution in [3.8, 4) is 11.5 Å². The van der Waals surface area contributed by atoms with Gasteiger partial charge < -0.3 is 20.1 Å². The summed E-state index contributed by atoms with van der Waals surface area (Å²) in [5.74, 6) is 1.11. The Morgan fingerprint density at radius 2 is 1.73 bits per heavy atom. The van der Waals surface area contributed by atoms with Crippen LogP contribution in [0.4, 0.5) is 0 Å². The number of aryl methyl sites for hydroxylation is 1. The zero-order chi connectivity index (χ0) is 15.9. The van der Waals surface area contributed by atoms with Gasteiger partial charge in [0.1, 0.15) is 11.5 Å². The zero-order valence-electron chi connectivity index (χ0n) is 13.0. The highest BCUT2D eigenvalue weighted by Crippen LogP contribution is 2.23. The van der Waals surface area contributed by atoms with Gasteiger partial charge in [0.05, 0.1) is 20.8 Å². The fourth-order valence-corrected chi connectivity index (χ4v) is 2.04. The quantitative estimate of drug-likeness (QED) is 0.752. The van der Waals surface area contributed by atoms with Crippen LogP contribution < -0.4 is 20.1 Å². The van der Waals surface area contributed by atoms with Crippen LogP contribution in [0.15, 0.2) is 18.2 Å². The van der Waals surface area contributed by atoms with Crippen LogP contribution in [-0.2, 0) is 16.0 Å². The van der Waals surface area contributed by atoms with Gasteiger partial charge in [-0.3, -0.25) is 9.59 Å². The molecule has 0 bridgehead atoms. The van der Waals surface area contributed by atoms with Crippen molar-refractivity contribution in [1.29, 1.82) is 0 Å². The predicted octanol–water partition coefficient (Wildman–Crippen LogP) is 1.03. The van der Waals surface area contributed by atoms with Crippen molar-refractivity contribution < 1.29 is 19.1 Å². The SMILES string of the molecule is COc1cc(CCC(=O)NCC(=O)NC2CC2)cc(OC)c1. The molecule has 0 aliphatic heterocycles. The molecule has 1 aliphatic carbocycles. The van der Waals surface area contributed by atoms with E-state index in [1.54, 1.807) is 20.3 Å². The summed E-state index contributed by atoms with van der Waals surface area (Å²) in [7, 11) is 3.17. The van der Waals surface area contributed by atoms with Crippen LogP contribution in [0.1, 0.15) is 24.8 Å². The highest BCUT2D eigenvalue weighted by molar-refractivity contribution is 5.85. The van der Waals surface area contributed by atoms with E-state index in [4.69, 9.17) is 9.47 Å². The van der Waals surface area contributed by atoms with Crippen molar-refractivity contribution in [3.05, 3.63) is 23.8 Å². The molecular formula is C16H22N2O4. The third kappa shape index (κ3) is 5.27. The monoisotopic (exact) mass is 306 g/mol. The minimum Gasteiger partial charge on any atom is -0.497 e. The van der Waals surface area contributed by atoms with Crippen LogP contribution in [0.25, 0.3) is 0 Å². The average Bonchev–Trinajstić information content (AvgIpc) is 3.34.